The Morgan fingerprint density at radius 1 is 1.33 bits per heavy atom. The first-order valence-electron chi connectivity index (χ1n) is 6.90. The molecule has 0 heterocycles. The van der Waals surface area contributed by atoms with Crippen LogP contribution in [-0.4, -0.2) is 41.1 Å². The van der Waals surface area contributed by atoms with Crippen LogP contribution in [0, 0.1) is 0 Å². The van der Waals surface area contributed by atoms with Crippen LogP contribution in [0.15, 0.2) is 42.5 Å². The first-order valence-corrected chi connectivity index (χ1v) is 6.90. The average Bonchev–Trinajstić information content (AvgIpc) is 2.44. The van der Waals surface area contributed by atoms with Gasteiger partial charge in [0.1, 0.15) is 6.04 Å². The van der Waals surface area contributed by atoms with E-state index in [1.54, 1.807) is 0 Å². The number of aliphatic carboxylic acids is 1. The summed E-state index contributed by atoms with van der Waals surface area (Å²) in [5.41, 5.74) is 1.72. The van der Waals surface area contributed by atoms with Crippen LogP contribution in [0.25, 0.3) is 0 Å². The maximum absolute atomic E-state index is 12.1. The predicted molar refractivity (Wildman–Crippen MR) is 82.2 cm³/mol. The molecule has 0 radical (unpaired) electrons. The Morgan fingerprint density at radius 3 is 2.43 bits per heavy atom. The number of carboxylic acids is 1. The van der Waals surface area contributed by atoms with Crippen LogP contribution in [0.2, 0.25) is 0 Å². The van der Waals surface area contributed by atoms with Gasteiger partial charge in [0, 0.05) is 19.5 Å². The number of rotatable bonds is 7. The van der Waals surface area contributed by atoms with Crippen molar-refractivity contribution in [2.75, 3.05) is 13.1 Å². The molecule has 5 heteroatoms. The summed E-state index contributed by atoms with van der Waals surface area (Å²) in [4.78, 5) is 25.0. The molecule has 21 heavy (non-hydrogen) atoms. The summed E-state index contributed by atoms with van der Waals surface area (Å²) in [6, 6.07) is 7.90. The Labute approximate surface area is 125 Å². The number of hydrogen-bond acceptors (Lipinski definition) is 2. The lowest BCUT2D eigenvalue weighted by Crippen LogP contribution is -2.49. The molecule has 0 aliphatic heterocycles. The minimum absolute atomic E-state index is 0.256. The van der Waals surface area contributed by atoms with Crippen molar-refractivity contribution >= 4 is 12.0 Å². The number of benzene rings is 1. The number of nitrogens with zero attached hydrogens (tertiary/aromatic N) is 1. The highest BCUT2D eigenvalue weighted by molar-refractivity contribution is 5.83. The fourth-order valence-electron chi connectivity index (χ4n) is 1.94. The minimum atomic E-state index is -1.04. The molecular formula is C16H22N2O3. The van der Waals surface area contributed by atoms with Crippen LogP contribution in [0.4, 0.5) is 4.79 Å². The van der Waals surface area contributed by atoms with Crippen LogP contribution in [0.5, 0.6) is 0 Å². The standard InChI is InChI=1S/C16H22N2O3/c1-4-18(11-12(2)3)16(21)17-14(15(19)20)10-13-8-6-5-7-9-13/h5-9,14H,2,4,10-11H2,1,3H3,(H,17,21)(H,19,20)/t14-/m1/s1. The minimum Gasteiger partial charge on any atom is -0.480 e. The quantitative estimate of drug-likeness (QED) is 0.757. The highest BCUT2D eigenvalue weighted by Crippen LogP contribution is 2.05. The molecule has 1 aromatic carbocycles. The van der Waals surface area contributed by atoms with Gasteiger partial charge in [0.2, 0.25) is 0 Å². The number of amides is 2. The largest absolute Gasteiger partial charge is 0.480 e. The molecule has 0 saturated carbocycles. The summed E-state index contributed by atoms with van der Waals surface area (Å²) in [5.74, 6) is -1.04. The van der Waals surface area contributed by atoms with Gasteiger partial charge >= 0.3 is 12.0 Å². The van der Waals surface area contributed by atoms with Crippen molar-refractivity contribution in [1.29, 1.82) is 0 Å². The Bertz CT molecular complexity index is 500. The molecule has 0 aliphatic rings. The number of nitrogens with one attached hydrogen (secondary N) is 1. The zero-order valence-corrected chi connectivity index (χ0v) is 12.5. The third kappa shape index (κ3) is 5.69. The molecule has 2 N–H and O–H groups in total. The van der Waals surface area contributed by atoms with Gasteiger partial charge < -0.3 is 15.3 Å². The number of urea groups is 1. The highest BCUT2D eigenvalue weighted by atomic mass is 16.4. The molecule has 0 spiro atoms. The molecule has 0 unspecified atom stereocenters. The molecule has 114 valence electrons. The van der Waals surface area contributed by atoms with E-state index in [-0.39, 0.29) is 12.5 Å². The van der Waals surface area contributed by atoms with Crippen LogP contribution < -0.4 is 5.32 Å². The fourth-order valence-corrected chi connectivity index (χ4v) is 1.94. The van der Waals surface area contributed by atoms with Crippen molar-refractivity contribution in [3.63, 3.8) is 0 Å². The summed E-state index contributed by atoms with van der Waals surface area (Å²) >= 11 is 0. The summed E-state index contributed by atoms with van der Waals surface area (Å²) in [5, 5.41) is 11.8. The first-order chi connectivity index (χ1) is 9.93. The van der Waals surface area contributed by atoms with Gasteiger partial charge in [-0.2, -0.15) is 0 Å². The number of carboxylic acid groups (broad SMARTS) is 1. The lowest BCUT2D eigenvalue weighted by molar-refractivity contribution is -0.139. The van der Waals surface area contributed by atoms with Crippen LogP contribution in [0.1, 0.15) is 19.4 Å². The Hall–Kier alpha value is -2.30. The first kappa shape index (κ1) is 16.8. The summed E-state index contributed by atoms with van der Waals surface area (Å²) in [7, 11) is 0. The lowest BCUT2D eigenvalue weighted by atomic mass is 10.1. The van der Waals surface area contributed by atoms with Crippen molar-refractivity contribution < 1.29 is 14.7 Å². The number of likely N-dealkylation sites (N-methyl/N-ethyl adjacent to an activating group) is 1. The normalized spacial score (nSPS) is 11.5. The predicted octanol–water partition coefficient (Wildman–Crippen LogP) is 2.29. The van der Waals surface area contributed by atoms with Gasteiger partial charge in [0.25, 0.3) is 0 Å². The van der Waals surface area contributed by atoms with Crippen molar-refractivity contribution in [2.45, 2.75) is 26.3 Å². The lowest BCUT2D eigenvalue weighted by Gasteiger charge is -2.24. The number of hydrogen-bond donors (Lipinski definition) is 2. The molecular weight excluding hydrogens is 268 g/mol. The Morgan fingerprint density at radius 2 is 1.95 bits per heavy atom. The van der Waals surface area contributed by atoms with E-state index in [1.165, 1.54) is 4.90 Å². The SMILES string of the molecule is C=C(C)CN(CC)C(=O)N[C@H](Cc1ccccc1)C(=O)O. The van der Waals surface area contributed by atoms with Gasteiger partial charge in [0.15, 0.2) is 0 Å². The average molecular weight is 290 g/mol. The van der Waals surface area contributed by atoms with E-state index in [1.807, 2.05) is 44.2 Å². The summed E-state index contributed by atoms with van der Waals surface area (Å²) in [6.07, 6.45) is 0.256. The van der Waals surface area contributed by atoms with E-state index in [4.69, 9.17) is 0 Å². The zero-order valence-electron chi connectivity index (χ0n) is 12.5. The van der Waals surface area contributed by atoms with Crippen molar-refractivity contribution in [3.05, 3.63) is 48.0 Å². The van der Waals surface area contributed by atoms with Crippen LogP contribution in [0.3, 0.4) is 0 Å². The van der Waals surface area contributed by atoms with E-state index < -0.39 is 12.0 Å². The van der Waals surface area contributed by atoms with Gasteiger partial charge in [-0.15, -0.1) is 0 Å². The van der Waals surface area contributed by atoms with E-state index in [2.05, 4.69) is 11.9 Å². The van der Waals surface area contributed by atoms with E-state index in [0.29, 0.717) is 13.1 Å². The number of carbonyl (C=O) groups is 2. The molecule has 1 rings (SSSR count). The van der Waals surface area contributed by atoms with Crippen LogP contribution in [-0.2, 0) is 11.2 Å². The molecule has 2 amide bonds. The van der Waals surface area contributed by atoms with Crippen molar-refractivity contribution in [3.8, 4) is 0 Å². The van der Waals surface area contributed by atoms with E-state index in [0.717, 1.165) is 11.1 Å². The molecule has 0 fully saturated rings. The van der Waals surface area contributed by atoms with Crippen molar-refractivity contribution in [2.24, 2.45) is 0 Å². The number of carbonyl (C=O) groups excluding carboxylic acids is 1. The molecule has 1 aromatic rings. The molecule has 0 aromatic heterocycles. The molecule has 0 aliphatic carbocycles. The topological polar surface area (TPSA) is 69.6 Å². The van der Waals surface area contributed by atoms with Gasteiger partial charge in [-0.25, -0.2) is 9.59 Å². The Kier molecular flexibility index (Phi) is 6.46. The second-order valence-corrected chi connectivity index (χ2v) is 5.00. The van der Waals surface area contributed by atoms with Gasteiger partial charge in [-0.3, -0.25) is 0 Å². The van der Waals surface area contributed by atoms with Gasteiger partial charge in [-0.05, 0) is 19.4 Å². The third-order valence-corrected chi connectivity index (χ3v) is 3.01. The smallest absolute Gasteiger partial charge is 0.326 e. The summed E-state index contributed by atoms with van der Waals surface area (Å²) in [6.45, 7) is 8.35. The molecule has 0 bridgehead atoms. The molecule has 5 nitrogen and oxygen atoms in total. The molecule has 1 atom stereocenters. The van der Waals surface area contributed by atoms with Crippen molar-refractivity contribution in [1.82, 2.24) is 10.2 Å². The maximum atomic E-state index is 12.1. The summed E-state index contributed by atoms with van der Waals surface area (Å²) < 4.78 is 0. The van der Waals surface area contributed by atoms with E-state index >= 15 is 0 Å². The van der Waals surface area contributed by atoms with Crippen LogP contribution >= 0.6 is 0 Å². The highest BCUT2D eigenvalue weighted by Gasteiger charge is 2.22. The third-order valence-electron chi connectivity index (χ3n) is 3.01. The second kappa shape index (κ2) is 8.09. The van der Waals surface area contributed by atoms with Gasteiger partial charge in [-0.1, -0.05) is 42.5 Å². The monoisotopic (exact) mass is 290 g/mol. The van der Waals surface area contributed by atoms with Gasteiger partial charge in [0.05, 0.1) is 0 Å². The fraction of sp³-hybridized carbons (Fsp3) is 0.375. The Balaban J connectivity index is 2.71. The molecule has 0 saturated heterocycles. The zero-order chi connectivity index (χ0) is 15.8. The van der Waals surface area contributed by atoms with E-state index in [9.17, 15) is 14.7 Å². The maximum Gasteiger partial charge on any atom is 0.326 e. The second-order valence-electron chi connectivity index (χ2n) is 5.00.